The Hall–Kier alpha value is -4.57. The van der Waals surface area contributed by atoms with Crippen LogP contribution in [0.25, 0.3) is 0 Å². The van der Waals surface area contributed by atoms with Crippen LogP contribution >= 0.6 is 0 Å². The van der Waals surface area contributed by atoms with E-state index in [1.165, 1.54) is 42.5 Å². The molecule has 13 nitrogen and oxygen atoms in total. The zero-order valence-electron chi connectivity index (χ0n) is 21.9. The second-order valence-electron chi connectivity index (χ2n) is 9.29. The number of aromatic nitrogens is 3. The van der Waals surface area contributed by atoms with E-state index in [9.17, 15) is 35.5 Å². The quantitative estimate of drug-likeness (QED) is 0.186. The van der Waals surface area contributed by atoms with Gasteiger partial charge < -0.3 is 5.32 Å². The zero-order valence-corrected chi connectivity index (χ0v) is 23.6. The SMILES string of the molecule is CCN1C(=O)c2ccc(Cc3nc(Cc4ccccc4S(=O)(=O)O)nc(Nc4cccc(S(=O)(=O)O)c4)n3)cc2C1=O. The van der Waals surface area contributed by atoms with Crippen molar-refractivity contribution in [2.45, 2.75) is 29.6 Å². The van der Waals surface area contributed by atoms with E-state index in [1.807, 2.05) is 0 Å². The second kappa shape index (κ2) is 11.0. The Labute approximate surface area is 240 Å². The van der Waals surface area contributed by atoms with E-state index < -0.39 is 26.1 Å². The average molecular weight is 610 g/mol. The summed E-state index contributed by atoms with van der Waals surface area (Å²) in [5, 5.41) is 2.87. The van der Waals surface area contributed by atoms with Crippen LogP contribution in [-0.4, -0.2) is 64.2 Å². The third kappa shape index (κ3) is 6.03. The lowest BCUT2D eigenvalue weighted by atomic mass is 10.0. The summed E-state index contributed by atoms with van der Waals surface area (Å²) in [6.45, 7) is 1.94. The van der Waals surface area contributed by atoms with Gasteiger partial charge in [-0.1, -0.05) is 30.3 Å². The fourth-order valence-electron chi connectivity index (χ4n) is 4.54. The van der Waals surface area contributed by atoms with Gasteiger partial charge in [0.15, 0.2) is 0 Å². The summed E-state index contributed by atoms with van der Waals surface area (Å²) < 4.78 is 66.1. The maximum Gasteiger partial charge on any atom is 0.294 e. The third-order valence-electron chi connectivity index (χ3n) is 6.43. The van der Waals surface area contributed by atoms with Crippen molar-refractivity contribution in [2.24, 2.45) is 0 Å². The molecule has 0 saturated carbocycles. The van der Waals surface area contributed by atoms with Crippen molar-refractivity contribution in [3.05, 3.63) is 101 Å². The van der Waals surface area contributed by atoms with Crippen molar-refractivity contribution in [1.29, 1.82) is 0 Å². The first-order chi connectivity index (χ1) is 19.8. The van der Waals surface area contributed by atoms with Crippen molar-refractivity contribution in [1.82, 2.24) is 19.9 Å². The molecular weight excluding hydrogens is 586 g/mol. The highest BCUT2D eigenvalue weighted by atomic mass is 32.2. The number of nitrogens with zero attached hydrogens (tertiary/aromatic N) is 4. The summed E-state index contributed by atoms with van der Waals surface area (Å²) >= 11 is 0. The highest BCUT2D eigenvalue weighted by molar-refractivity contribution is 7.86. The molecule has 0 unspecified atom stereocenters. The van der Waals surface area contributed by atoms with Crippen LogP contribution in [0.15, 0.2) is 76.5 Å². The summed E-state index contributed by atoms with van der Waals surface area (Å²) in [5.74, 6) is -0.464. The molecule has 3 aromatic carbocycles. The topological polar surface area (TPSA) is 197 Å². The molecule has 0 aliphatic carbocycles. The molecule has 0 fully saturated rings. The predicted molar refractivity (Wildman–Crippen MR) is 149 cm³/mol. The van der Waals surface area contributed by atoms with Gasteiger partial charge in [-0.15, -0.1) is 0 Å². The zero-order chi connectivity index (χ0) is 30.2. The van der Waals surface area contributed by atoms with Gasteiger partial charge in [-0.3, -0.25) is 23.6 Å². The number of nitrogens with one attached hydrogen (secondary N) is 1. The van der Waals surface area contributed by atoms with Crippen LogP contribution in [0.2, 0.25) is 0 Å². The summed E-state index contributed by atoms with van der Waals surface area (Å²) in [4.78, 5) is 38.9. The van der Waals surface area contributed by atoms with Crippen molar-refractivity contribution in [2.75, 3.05) is 11.9 Å². The number of imide groups is 1. The van der Waals surface area contributed by atoms with Crippen molar-refractivity contribution in [3.8, 4) is 0 Å². The lowest BCUT2D eigenvalue weighted by Crippen LogP contribution is -2.29. The molecule has 4 aromatic rings. The van der Waals surface area contributed by atoms with Crippen LogP contribution in [0.4, 0.5) is 11.6 Å². The minimum absolute atomic E-state index is 0.0172. The largest absolute Gasteiger partial charge is 0.324 e. The summed E-state index contributed by atoms with van der Waals surface area (Å²) in [7, 11) is -9.03. The Morgan fingerprint density at radius 2 is 1.45 bits per heavy atom. The molecule has 0 bridgehead atoms. The smallest absolute Gasteiger partial charge is 0.294 e. The molecule has 216 valence electrons. The van der Waals surface area contributed by atoms with Gasteiger partial charge in [0.1, 0.15) is 11.6 Å². The standard InChI is InChI=1S/C27H23N5O8S2/c1-2-32-25(33)20-11-10-16(12-21(20)26(32)34)13-23-29-24(14-17-6-3-4-9-22(17)42(38,39)40)31-27(30-23)28-18-7-5-8-19(15-18)41(35,36)37/h3-12,15H,2,13-14H2,1H3,(H,35,36,37)(H,38,39,40)(H,28,29,30,31). The van der Waals surface area contributed by atoms with Gasteiger partial charge in [0, 0.05) is 25.1 Å². The first-order valence-electron chi connectivity index (χ1n) is 12.5. The third-order valence-corrected chi connectivity index (χ3v) is 8.23. The predicted octanol–water partition coefficient (Wildman–Crippen LogP) is 2.91. The van der Waals surface area contributed by atoms with Crippen LogP contribution in [0, 0.1) is 0 Å². The normalized spacial score (nSPS) is 13.4. The number of anilines is 2. The molecule has 1 aliphatic heterocycles. The number of carbonyl (C=O) groups is 2. The summed E-state index contributed by atoms with van der Waals surface area (Å²) in [5.41, 5.74) is 1.62. The summed E-state index contributed by atoms with van der Waals surface area (Å²) in [6.07, 6.45) is -0.0239. The lowest BCUT2D eigenvalue weighted by molar-refractivity contribution is 0.0662. The van der Waals surface area contributed by atoms with E-state index in [0.29, 0.717) is 11.1 Å². The van der Waals surface area contributed by atoms with Crippen LogP contribution < -0.4 is 5.32 Å². The molecular formula is C27H23N5O8S2. The molecule has 1 aromatic heterocycles. The average Bonchev–Trinajstić information content (AvgIpc) is 3.16. The van der Waals surface area contributed by atoms with Crippen molar-refractivity contribution >= 4 is 43.7 Å². The highest BCUT2D eigenvalue weighted by Crippen LogP contribution is 2.25. The first kappa shape index (κ1) is 28.9. The van der Waals surface area contributed by atoms with Gasteiger partial charge in [0.05, 0.1) is 20.9 Å². The van der Waals surface area contributed by atoms with Gasteiger partial charge in [-0.2, -0.15) is 26.8 Å². The maximum absolute atomic E-state index is 12.7. The number of carbonyl (C=O) groups excluding carboxylic acids is 2. The van der Waals surface area contributed by atoms with Crippen LogP contribution in [0.1, 0.15) is 50.4 Å². The molecule has 42 heavy (non-hydrogen) atoms. The monoisotopic (exact) mass is 609 g/mol. The molecule has 0 radical (unpaired) electrons. The molecule has 0 atom stereocenters. The Kier molecular flexibility index (Phi) is 7.59. The highest BCUT2D eigenvalue weighted by Gasteiger charge is 2.34. The minimum Gasteiger partial charge on any atom is -0.324 e. The Balaban J connectivity index is 1.54. The molecule has 3 N–H and O–H groups in total. The fraction of sp³-hybridized carbons (Fsp3) is 0.148. The molecule has 0 spiro atoms. The van der Waals surface area contributed by atoms with E-state index in [-0.39, 0.29) is 69.5 Å². The van der Waals surface area contributed by atoms with E-state index in [1.54, 1.807) is 31.2 Å². The van der Waals surface area contributed by atoms with E-state index in [0.717, 1.165) is 4.90 Å². The van der Waals surface area contributed by atoms with Gasteiger partial charge in [-0.25, -0.2) is 4.98 Å². The Morgan fingerprint density at radius 3 is 2.14 bits per heavy atom. The van der Waals surface area contributed by atoms with Gasteiger partial charge in [0.25, 0.3) is 32.1 Å². The van der Waals surface area contributed by atoms with Gasteiger partial charge >= 0.3 is 0 Å². The number of hydrogen-bond acceptors (Lipinski definition) is 10. The lowest BCUT2D eigenvalue weighted by Gasteiger charge is -2.11. The maximum atomic E-state index is 12.7. The van der Waals surface area contributed by atoms with E-state index >= 15 is 0 Å². The Bertz CT molecular complexity index is 1960. The van der Waals surface area contributed by atoms with Crippen molar-refractivity contribution < 1.29 is 35.5 Å². The molecule has 1 aliphatic rings. The molecule has 2 heterocycles. The number of amides is 2. The van der Waals surface area contributed by atoms with Crippen molar-refractivity contribution in [3.63, 3.8) is 0 Å². The molecule has 2 amide bonds. The number of rotatable bonds is 9. The second-order valence-corrected chi connectivity index (χ2v) is 12.1. The van der Waals surface area contributed by atoms with Crippen LogP contribution in [0.3, 0.4) is 0 Å². The minimum atomic E-state index is -4.54. The first-order valence-corrected chi connectivity index (χ1v) is 15.3. The molecule has 15 heteroatoms. The summed E-state index contributed by atoms with van der Waals surface area (Å²) in [6, 6.07) is 15.9. The van der Waals surface area contributed by atoms with E-state index in [2.05, 4.69) is 20.3 Å². The molecule has 5 rings (SSSR count). The van der Waals surface area contributed by atoms with E-state index in [4.69, 9.17) is 0 Å². The number of fused-ring (bicyclic) bond motifs is 1. The van der Waals surface area contributed by atoms with Crippen LogP contribution in [0.5, 0.6) is 0 Å². The Morgan fingerprint density at radius 1 is 0.762 bits per heavy atom. The van der Waals surface area contributed by atoms with Gasteiger partial charge in [0.2, 0.25) is 5.95 Å². The molecule has 0 saturated heterocycles. The number of hydrogen-bond donors (Lipinski definition) is 3. The van der Waals surface area contributed by atoms with Crippen LogP contribution in [-0.2, 0) is 33.1 Å². The number of benzene rings is 3. The fourth-order valence-corrected chi connectivity index (χ4v) is 5.78. The van der Waals surface area contributed by atoms with Gasteiger partial charge in [-0.05, 0) is 54.4 Å².